The summed E-state index contributed by atoms with van der Waals surface area (Å²) < 4.78 is 12.4. The van der Waals surface area contributed by atoms with Crippen molar-refractivity contribution in [1.29, 1.82) is 0 Å². The zero-order chi connectivity index (χ0) is 18.6. The maximum atomic E-state index is 12.4. The van der Waals surface area contributed by atoms with Crippen LogP contribution in [0.15, 0.2) is 42.5 Å². The lowest BCUT2D eigenvalue weighted by molar-refractivity contribution is -0.115. The van der Waals surface area contributed by atoms with Gasteiger partial charge in [0.15, 0.2) is 0 Å². The Kier molecular flexibility index (Phi) is 6.33. The lowest BCUT2D eigenvalue weighted by Crippen LogP contribution is -2.29. The number of carboxylic acids is 1. The topological polar surface area (TPSA) is 83.5 Å². The van der Waals surface area contributed by atoms with Crippen LogP contribution in [0.2, 0.25) is 5.02 Å². The molecule has 25 heavy (non-hydrogen) atoms. The van der Waals surface area contributed by atoms with Gasteiger partial charge in [0.2, 0.25) is 5.91 Å². The van der Waals surface area contributed by atoms with E-state index in [2.05, 4.69) is 5.32 Å². The zero-order valence-electron chi connectivity index (χ0n) is 13.8. The Morgan fingerprint density at radius 3 is 2.40 bits per heavy atom. The first kappa shape index (κ1) is 19.1. The van der Waals surface area contributed by atoms with Crippen molar-refractivity contribution in [3.63, 3.8) is 0 Å². The second kappa shape index (κ2) is 8.27. The number of aryl methyl sites for hydroxylation is 1. The minimum Gasteiger partial charge on any atom is -0.478 e. The van der Waals surface area contributed by atoms with Gasteiger partial charge in [0.25, 0.3) is 0 Å². The number of anilines is 1. The van der Waals surface area contributed by atoms with E-state index in [-0.39, 0.29) is 17.2 Å². The largest absolute Gasteiger partial charge is 0.478 e. The fourth-order valence-corrected chi connectivity index (χ4v) is 3.32. The summed E-state index contributed by atoms with van der Waals surface area (Å²) in [5.74, 6) is -1.21. The van der Waals surface area contributed by atoms with Crippen molar-refractivity contribution in [2.24, 2.45) is 0 Å². The van der Waals surface area contributed by atoms with Crippen LogP contribution in [-0.2, 0) is 21.3 Å². The van der Waals surface area contributed by atoms with E-state index in [1.54, 1.807) is 37.3 Å². The second-order valence-corrected chi connectivity index (χ2v) is 7.79. The minimum absolute atomic E-state index is 0.163. The van der Waals surface area contributed by atoms with E-state index in [4.69, 9.17) is 16.7 Å². The van der Waals surface area contributed by atoms with Gasteiger partial charge in [0, 0.05) is 27.3 Å². The van der Waals surface area contributed by atoms with Crippen molar-refractivity contribution >= 4 is 40.0 Å². The van der Waals surface area contributed by atoms with E-state index >= 15 is 0 Å². The standard InChI is InChI=1S/C18H18ClNO4S/c1-11-3-8-15(9-16(11)19)20-17(21)12(2)25(24)10-13-4-6-14(7-5-13)18(22)23/h3-9,12H,10H2,1-2H3,(H,20,21)(H,22,23). The molecule has 132 valence electrons. The van der Waals surface area contributed by atoms with Gasteiger partial charge in [-0.2, -0.15) is 0 Å². The van der Waals surface area contributed by atoms with Crippen LogP contribution in [0.5, 0.6) is 0 Å². The molecule has 0 radical (unpaired) electrons. The van der Waals surface area contributed by atoms with E-state index in [0.29, 0.717) is 16.3 Å². The molecule has 0 heterocycles. The highest BCUT2D eigenvalue weighted by Crippen LogP contribution is 2.20. The number of hydrogen-bond acceptors (Lipinski definition) is 3. The summed E-state index contributed by atoms with van der Waals surface area (Å²) >= 11 is 6.03. The van der Waals surface area contributed by atoms with Gasteiger partial charge in [-0.3, -0.25) is 9.00 Å². The molecule has 2 N–H and O–H groups in total. The van der Waals surface area contributed by atoms with Crippen LogP contribution in [0.25, 0.3) is 0 Å². The summed E-state index contributed by atoms with van der Waals surface area (Å²) in [5, 5.41) is 11.4. The molecule has 0 saturated heterocycles. The number of carbonyl (C=O) groups excluding carboxylic acids is 1. The molecule has 2 atom stereocenters. The van der Waals surface area contributed by atoms with Gasteiger partial charge < -0.3 is 10.4 Å². The molecule has 0 aromatic heterocycles. The molecule has 1 amide bonds. The Morgan fingerprint density at radius 1 is 1.20 bits per heavy atom. The first-order valence-electron chi connectivity index (χ1n) is 7.54. The normalized spacial score (nSPS) is 13.1. The number of amides is 1. The maximum Gasteiger partial charge on any atom is 0.335 e. The van der Waals surface area contributed by atoms with E-state index in [1.807, 2.05) is 6.92 Å². The maximum absolute atomic E-state index is 12.4. The number of aromatic carboxylic acids is 1. The Morgan fingerprint density at radius 2 is 1.84 bits per heavy atom. The van der Waals surface area contributed by atoms with Crippen LogP contribution in [0, 0.1) is 6.92 Å². The molecule has 2 unspecified atom stereocenters. The summed E-state index contributed by atoms with van der Waals surface area (Å²) in [6.07, 6.45) is 0. The van der Waals surface area contributed by atoms with Gasteiger partial charge >= 0.3 is 5.97 Å². The van der Waals surface area contributed by atoms with Gasteiger partial charge in [0.1, 0.15) is 5.25 Å². The molecular weight excluding hydrogens is 362 g/mol. The highest BCUT2D eigenvalue weighted by Gasteiger charge is 2.20. The molecule has 2 aromatic rings. The molecule has 0 spiro atoms. The number of rotatable bonds is 6. The molecule has 0 aliphatic carbocycles. The predicted molar refractivity (Wildman–Crippen MR) is 99.5 cm³/mol. The Bertz CT molecular complexity index is 820. The van der Waals surface area contributed by atoms with Gasteiger partial charge in [0.05, 0.1) is 5.56 Å². The molecule has 2 aromatic carbocycles. The fraction of sp³-hybridized carbons (Fsp3) is 0.222. The number of nitrogens with one attached hydrogen (secondary N) is 1. The number of halogens is 1. The molecule has 2 rings (SSSR count). The number of carbonyl (C=O) groups is 2. The molecule has 0 aliphatic rings. The number of benzene rings is 2. The van der Waals surface area contributed by atoms with Crippen LogP contribution in [0.4, 0.5) is 5.69 Å². The Labute approximate surface area is 153 Å². The van der Waals surface area contributed by atoms with Crippen molar-refractivity contribution in [1.82, 2.24) is 0 Å². The third-order valence-electron chi connectivity index (χ3n) is 3.71. The molecule has 5 nitrogen and oxygen atoms in total. The van der Waals surface area contributed by atoms with Crippen molar-refractivity contribution in [2.45, 2.75) is 24.9 Å². The van der Waals surface area contributed by atoms with Crippen molar-refractivity contribution in [3.05, 3.63) is 64.2 Å². The van der Waals surface area contributed by atoms with Crippen LogP contribution >= 0.6 is 11.6 Å². The van der Waals surface area contributed by atoms with Crippen molar-refractivity contribution in [3.8, 4) is 0 Å². The lowest BCUT2D eigenvalue weighted by Gasteiger charge is -2.13. The molecule has 0 aliphatic heterocycles. The van der Waals surface area contributed by atoms with Crippen LogP contribution < -0.4 is 5.32 Å². The zero-order valence-corrected chi connectivity index (χ0v) is 15.4. The van der Waals surface area contributed by atoms with Gasteiger partial charge in [-0.15, -0.1) is 0 Å². The average molecular weight is 380 g/mol. The minimum atomic E-state index is -1.44. The third kappa shape index (κ3) is 5.14. The van der Waals surface area contributed by atoms with Crippen LogP contribution in [-0.4, -0.2) is 26.4 Å². The summed E-state index contributed by atoms with van der Waals surface area (Å²) in [7, 11) is -1.44. The second-order valence-electron chi connectivity index (χ2n) is 5.62. The van der Waals surface area contributed by atoms with Crippen LogP contribution in [0.1, 0.15) is 28.4 Å². The smallest absolute Gasteiger partial charge is 0.335 e. The van der Waals surface area contributed by atoms with Gasteiger partial charge in [-0.25, -0.2) is 4.79 Å². The lowest BCUT2D eigenvalue weighted by atomic mass is 10.1. The number of carboxylic acid groups (broad SMARTS) is 1. The highest BCUT2D eigenvalue weighted by atomic mass is 35.5. The molecule has 7 heteroatoms. The van der Waals surface area contributed by atoms with E-state index < -0.39 is 22.0 Å². The van der Waals surface area contributed by atoms with E-state index in [1.165, 1.54) is 12.1 Å². The Balaban J connectivity index is 1.99. The number of hydrogen-bond donors (Lipinski definition) is 2. The van der Waals surface area contributed by atoms with E-state index in [0.717, 1.165) is 5.56 Å². The fourth-order valence-electron chi connectivity index (χ4n) is 2.07. The molecule has 0 fully saturated rings. The first-order valence-corrected chi connectivity index (χ1v) is 9.30. The Hall–Kier alpha value is -2.18. The van der Waals surface area contributed by atoms with E-state index in [9.17, 15) is 13.8 Å². The monoisotopic (exact) mass is 379 g/mol. The predicted octanol–water partition coefficient (Wildman–Crippen LogP) is 3.62. The average Bonchev–Trinajstić information content (AvgIpc) is 2.57. The molecule has 0 saturated carbocycles. The highest BCUT2D eigenvalue weighted by molar-refractivity contribution is 7.85. The first-order chi connectivity index (χ1) is 11.8. The molecular formula is C18H18ClNO4S. The van der Waals surface area contributed by atoms with Crippen molar-refractivity contribution < 1.29 is 18.9 Å². The summed E-state index contributed by atoms with van der Waals surface area (Å²) in [6, 6.07) is 11.3. The summed E-state index contributed by atoms with van der Waals surface area (Å²) in [5.41, 5.74) is 2.33. The quantitative estimate of drug-likeness (QED) is 0.802. The SMILES string of the molecule is Cc1ccc(NC(=O)C(C)S(=O)Cc2ccc(C(=O)O)cc2)cc1Cl. The third-order valence-corrected chi connectivity index (χ3v) is 5.74. The van der Waals surface area contributed by atoms with Gasteiger partial charge in [-0.1, -0.05) is 29.8 Å². The van der Waals surface area contributed by atoms with Crippen LogP contribution in [0.3, 0.4) is 0 Å². The molecule has 0 bridgehead atoms. The van der Waals surface area contributed by atoms with Crippen molar-refractivity contribution in [2.75, 3.05) is 5.32 Å². The summed E-state index contributed by atoms with van der Waals surface area (Å²) in [4.78, 5) is 23.1. The summed E-state index contributed by atoms with van der Waals surface area (Å²) in [6.45, 7) is 3.45. The van der Waals surface area contributed by atoms with Gasteiger partial charge in [-0.05, 0) is 49.2 Å².